The van der Waals surface area contributed by atoms with E-state index in [0.717, 1.165) is 34.1 Å². The van der Waals surface area contributed by atoms with Crippen LogP contribution in [0.25, 0.3) is 88.0 Å². The van der Waals surface area contributed by atoms with Crippen molar-refractivity contribution in [2.75, 3.05) is 9.80 Å². The fraction of sp³-hybridized carbons (Fsp3) is 0.0400. The Balaban J connectivity index is 1.05. The second-order valence-electron chi connectivity index (χ2n) is 20.9. The number of fused-ring (bicyclic) bond motifs is 6. The minimum absolute atomic E-state index is 0.311. The molecule has 0 unspecified atom stereocenters. The Morgan fingerprint density at radius 2 is 0.610 bits per heavy atom. The molecule has 0 bridgehead atoms. The van der Waals surface area contributed by atoms with Gasteiger partial charge in [-0.1, -0.05) is 220 Å². The van der Waals surface area contributed by atoms with Crippen molar-refractivity contribution in [1.29, 1.82) is 0 Å². The van der Waals surface area contributed by atoms with E-state index in [1.54, 1.807) is 0 Å². The Labute approximate surface area is 451 Å². The summed E-state index contributed by atoms with van der Waals surface area (Å²) >= 11 is 0. The maximum absolute atomic E-state index is 2.55. The summed E-state index contributed by atoms with van der Waals surface area (Å²) in [6, 6.07) is 107. The molecular formula is C75H54N2. The first-order valence-electron chi connectivity index (χ1n) is 26.7. The lowest BCUT2D eigenvalue weighted by molar-refractivity contribution is 0.661. The highest BCUT2D eigenvalue weighted by atomic mass is 15.1. The number of anilines is 6. The zero-order chi connectivity index (χ0) is 51.5. The van der Waals surface area contributed by atoms with E-state index in [0.29, 0.717) is 0 Å². The molecule has 13 aromatic carbocycles. The van der Waals surface area contributed by atoms with Crippen LogP contribution in [-0.4, -0.2) is 0 Å². The van der Waals surface area contributed by atoms with Gasteiger partial charge in [-0.2, -0.15) is 0 Å². The number of nitrogens with zero attached hydrogens (tertiary/aromatic N) is 2. The molecule has 364 valence electrons. The quantitative estimate of drug-likeness (QED) is 0.126. The maximum Gasteiger partial charge on any atom is 0.0468 e. The lowest BCUT2D eigenvalue weighted by Crippen LogP contribution is -2.16. The van der Waals surface area contributed by atoms with Crippen molar-refractivity contribution in [1.82, 2.24) is 0 Å². The van der Waals surface area contributed by atoms with Gasteiger partial charge in [0.15, 0.2) is 0 Å². The van der Waals surface area contributed by atoms with Crippen LogP contribution in [0.15, 0.2) is 291 Å². The molecule has 2 heteroatoms. The van der Waals surface area contributed by atoms with E-state index in [2.05, 4.69) is 315 Å². The summed E-state index contributed by atoms with van der Waals surface area (Å²) in [5.74, 6) is 0. The average molecular weight is 983 g/mol. The Kier molecular flexibility index (Phi) is 11.2. The molecule has 0 amide bonds. The van der Waals surface area contributed by atoms with E-state index >= 15 is 0 Å². The summed E-state index contributed by atoms with van der Waals surface area (Å²) < 4.78 is 0. The molecular weight excluding hydrogens is 929 g/mol. The molecule has 0 fully saturated rings. The molecule has 0 saturated heterocycles. The van der Waals surface area contributed by atoms with Gasteiger partial charge in [0, 0.05) is 39.5 Å². The normalized spacial score (nSPS) is 12.4. The third-order valence-corrected chi connectivity index (χ3v) is 16.0. The van der Waals surface area contributed by atoms with Crippen LogP contribution < -0.4 is 9.80 Å². The Hall–Kier alpha value is -9.76. The van der Waals surface area contributed by atoms with Gasteiger partial charge in [-0.25, -0.2) is 0 Å². The molecule has 0 spiro atoms. The molecule has 0 N–H and O–H groups in total. The first-order valence-corrected chi connectivity index (χ1v) is 26.7. The number of rotatable bonds is 10. The second-order valence-corrected chi connectivity index (χ2v) is 20.9. The smallest absolute Gasteiger partial charge is 0.0468 e. The summed E-state index contributed by atoms with van der Waals surface area (Å²) in [6.45, 7) is 4.83. The Bertz CT molecular complexity index is 4260. The minimum Gasteiger partial charge on any atom is -0.310 e. The van der Waals surface area contributed by atoms with Crippen molar-refractivity contribution in [3.8, 4) is 55.6 Å². The van der Waals surface area contributed by atoms with Crippen LogP contribution in [-0.2, 0) is 5.41 Å². The molecule has 0 radical (unpaired) electrons. The number of hydrogen-bond acceptors (Lipinski definition) is 2. The van der Waals surface area contributed by atoms with Crippen LogP contribution in [0.5, 0.6) is 0 Å². The predicted octanol–water partition coefficient (Wildman–Crippen LogP) is 21.1. The summed E-state index contributed by atoms with van der Waals surface area (Å²) in [5, 5.41) is 7.29. The van der Waals surface area contributed by atoms with E-state index in [-0.39, 0.29) is 5.41 Å². The monoisotopic (exact) mass is 982 g/mol. The summed E-state index contributed by atoms with van der Waals surface area (Å²) in [5.41, 5.74) is 21.2. The van der Waals surface area contributed by atoms with E-state index in [9.17, 15) is 0 Å². The summed E-state index contributed by atoms with van der Waals surface area (Å²) in [4.78, 5) is 4.80. The first-order chi connectivity index (χ1) is 37.9. The highest BCUT2D eigenvalue weighted by Gasteiger charge is 2.37. The molecule has 0 heterocycles. The fourth-order valence-corrected chi connectivity index (χ4v) is 12.2. The fourth-order valence-electron chi connectivity index (χ4n) is 12.2. The molecule has 1 aliphatic carbocycles. The molecule has 0 saturated carbocycles. The minimum atomic E-state index is -0.311. The molecule has 0 aromatic heterocycles. The molecule has 13 aromatic rings. The van der Waals surface area contributed by atoms with Gasteiger partial charge < -0.3 is 9.80 Å². The first kappa shape index (κ1) is 45.8. The van der Waals surface area contributed by atoms with Crippen molar-refractivity contribution in [2.24, 2.45) is 0 Å². The van der Waals surface area contributed by atoms with Crippen molar-refractivity contribution in [2.45, 2.75) is 19.3 Å². The number of hydrogen-bond donors (Lipinski definition) is 0. The molecule has 2 nitrogen and oxygen atoms in total. The Morgan fingerprint density at radius 1 is 0.234 bits per heavy atom. The van der Waals surface area contributed by atoms with Gasteiger partial charge in [-0.3, -0.25) is 0 Å². The van der Waals surface area contributed by atoms with Crippen molar-refractivity contribution in [3.63, 3.8) is 0 Å². The van der Waals surface area contributed by atoms with Crippen LogP contribution in [0.1, 0.15) is 25.0 Å². The summed E-state index contributed by atoms with van der Waals surface area (Å²) in [6.07, 6.45) is 0. The topological polar surface area (TPSA) is 6.48 Å². The van der Waals surface area contributed by atoms with Gasteiger partial charge in [0.05, 0.1) is 0 Å². The van der Waals surface area contributed by atoms with E-state index in [1.165, 1.54) is 99.1 Å². The average Bonchev–Trinajstić information content (AvgIpc) is 3.75. The van der Waals surface area contributed by atoms with Crippen LogP contribution in [0.2, 0.25) is 0 Å². The molecule has 0 aliphatic heterocycles. The third-order valence-electron chi connectivity index (χ3n) is 16.0. The van der Waals surface area contributed by atoms with Crippen LogP contribution in [0, 0.1) is 0 Å². The van der Waals surface area contributed by atoms with Gasteiger partial charge >= 0.3 is 0 Å². The SMILES string of the molecule is CC1(C)c2cc(N(c3ccccc3)c3ccccc3)ccc2-c2cc3c(-c4ccc(-c5ccccc5)cc4)c4cc(N(c5ccccc5)c5ccc6ccccc6c5)ccc4c(-c4ccc(-c5ccccc5)cc4)c3cc21. The van der Waals surface area contributed by atoms with Crippen LogP contribution in [0.4, 0.5) is 34.1 Å². The second kappa shape index (κ2) is 18.9. The molecule has 14 rings (SSSR count). The van der Waals surface area contributed by atoms with E-state index in [4.69, 9.17) is 0 Å². The Morgan fingerprint density at radius 3 is 1.17 bits per heavy atom. The number of para-hydroxylation sites is 3. The highest BCUT2D eigenvalue weighted by molar-refractivity contribution is 6.23. The van der Waals surface area contributed by atoms with E-state index < -0.39 is 0 Å². The number of benzene rings is 13. The third kappa shape index (κ3) is 8.05. The van der Waals surface area contributed by atoms with Crippen LogP contribution >= 0.6 is 0 Å². The van der Waals surface area contributed by atoms with Crippen LogP contribution in [0.3, 0.4) is 0 Å². The zero-order valence-corrected chi connectivity index (χ0v) is 43.1. The van der Waals surface area contributed by atoms with Gasteiger partial charge in [0.2, 0.25) is 0 Å². The standard InChI is InChI=1S/C75H54N2/c1-75(2)71-48-64(76(59-26-12-5-13-27-59)60-28-14-6-15-29-60)42-44-65(71)67-49-69-70(50-72(67)75)73(56-36-32-54(33-37-56)51-20-8-3-9-21-51)66-45-43-63(47-68(66)74(69)57-38-34-55(35-39-57)52-22-10-4-11-23-52)77(61-30-16-7-17-31-61)62-41-40-53-24-18-19-25-58(53)46-62/h3-50H,1-2H3. The van der Waals surface area contributed by atoms with Crippen molar-refractivity contribution < 1.29 is 0 Å². The maximum atomic E-state index is 2.55. The largest absolute Gasteiger partial charge is 0.310 e. The molecule has 0 atom stereocenters. The van der Waals surface area contributed by atoms with Gasteiger partial charge in [0.1, 0.15) is 0 Å². The summed E-state index contributed by atoms with van der Waals surface area (Å²) in [7, 11) is 0. The lowest BCUT2D eigenvalue weighted by Gasteiger charge is -2.28. The molecule has 77 heavy (non-hydrogen) atoms. The lowest BCUT2D eigenvalue weighted by atomic mass is 9.79. The van der Waals surface area contributed by atoms with Crippen molar-refractivity contribution in [3.05, 3.63) is 302 Å². The predicted molar refractivity (Wildman–Crippen MR) is 328 cm³/mol. The molecule has 1 aliphatic rings. The zero-order valence-electron chi connectivity index (χ0n) is 43.1. The van der Waals surface area contributed by atoms with E-state index in [1.807, 2.05) is 0 Å². The van der Waals surface area contributed by atoms with Gasteiger partial charge in [0.25, 0.3) is 0 Å². The van der Waals surface area contributed by atoms with Gasteiger partial charge in [-0.15, -0.1) is 0 Å². The highest BCUT2D eigenvalue weighted by Crippen LogP contribution is 2.55. The van der Waals surface area contributed by atoms with Gasteiger partial charge in [-0.05, 0) is 184 Å². The van der Waals surface area contributed by atoms with Crippen molar-refractivity contribution >= 4 is 66.4 Å².